The maximum atomic E-state index is 11.9. The fourth-order valence-electron chi connectivity index (χ4n) is 2.22. The van der Waals surface area contributed by atoms with Crippen molar-refractivity contribution in [2.45, 2.75) is 12.8 Å². The number of halogens is 1. The van der Waals surface area contributed by atoms with Crippen molar-refractivity contribution >= 4 is 23.3 Å². The number of hydrogen-bond donors (Lipinski definition) is 2. The number of anilines is 1. The van der Waals surface area contributed by atoms with E-state index in [1.165, 1.54) is 6.20 Å². The third-order valence-corrected chi connectivity index (χ3v) is 3.33. The Kier molecular flexibility index (Phi) is 4.93. The normalized spacial score (nSPS) is 19.3. The molecule has 2 heterocycles. The van der Waals surface area contributed by atoms with Gasteiger partial charge in [0.05, 0.1) is 18.3 Å². The molecule has 0 radical (unpaired) electrons. The molecule has 1 fully saturated rings. The molecule has 3 N–H and O–H groups in total. The minimum absolute atomic E-state index is 0.0268. The van der Waals surface area contributed by atoms with Crippen LogP contribution in [0.3, 0.4) is 0 Å². The highest BCUT2D eigenvalue weighted by atomic mass is 35.5. The van der Waals surface area contributed by atoms with Gasteiger partial charge < -0.3 is 16.0 Å². The summed E-state index contributed by atoms with van der Waals surface area (Å²) in [5, 5.41) is 3.20. The first-order valence-electron chi connectivity index (χ1n) is 6.41. The Bertz CT molecular complexity index is 442. The zero-order chi connectivity index (χ0) is 13.7. The molecule has 0 aromatic carbocycles. The van der Waals surface area contributed by atoms with Gasteiger partial charge in [-0.3, -0.25) is 9.78 Å². The Morgan fingerprint density at radius 2 is 2.42 bits per heavy atom. The highest BCUT2D eigenvalue weighted by Gasteiger charge is 2.26. The Hall–Kier alpha value is -1.40. The first kappa shape index (κ1) is 14.0. The lowest BCUT2D eigenvalue weighted by Gasteiger charge is -2.32. The fraction of sp³-hybridized carbons (Fsp3) is 0.583. The number of nitrogens with zero attached hydrogens (tertiary/aromatic N) is 3. The Morgan fingerprint density at radius 3 is 3.16 bits per heavy atom. The van der Waals surface area contributed by atoms with Crippen LogP contribution in [-0.2, 0) is 4.79 Å². The lowest BCUT2D eigenvalue weighted by Crippen LogP contribution is -2.44. The molecule has 1 atom stereocenters. The molecular weight excluding hydrogens is 266 g/mol. The predicted molar refractivity (Wildman–Crippen MR) is 74.0 cm³/mol. The number of aromatic nitrogens is 2. The molecule has 7 heteroatoms. The highest BCUT2D eigenvalue weighted by Crippen LogP contribution is 2.22. The number of carbonyl (C=O) groups excluding carboxylic acids is 1. The van der Waals surface area contributed by atoms with Crippen molar-refractivity contribution in [1.29, 1.82) is 0 Å². The van der Waals surface area contributed by atoms with Crippen molar-refractivity contribution < 1.29 is 4.79 Å². The van der Waals surface area contributed by atoms with Crippen LogP contribution in [0.15, 0.2) is 12.4 Å². The predicted octanol–water partition coefficient (Wildman–Crippen LogP) is 0.421. The molecule has 2 rings (SSSR count). The molecule has 0 spiro atoms. The van der Waals surface area contributed by atoms with Crippen molar-refractivity contribution in [3.63, 3.8) is 0 Å². The molecule has 0 aliphatic carbocycles. The molecule has 1 aliphatic rings. The highest BCUT2D eigenvalue weighted by molar-refractivity contribution is 6.29. The van der Waals surface area contributed by atoms with Gasteiger partial charge in [-0.2, -0.15) is 0 Å². The summed E-state index contributed by atoms with van der Waals surface area (Å²) >= 11 is 5.84. The van der Waals surface area contributed by atoms with Crippen LogP contribution in [-0.4, -0.2) is 42.1 Å². The Labute approximate surface area is 117 Å². The van der Waals surface area contributed by atoms with Crippen molar-refractivity contribution in [3.05, 3.63) is 17.5 Å². The lowest BCUT2D eigenvalue weighted by atomic mass is 9.97. The third-order valence-electron chi connectivity index (χ3n) is 3.15. The molecule has 6 nitrogen and oxygen atoms in total. The topological polar surface area (TPSA) is 84.1 Å². The van der Waals surface area contributed by atoms with E-state index in [0.717, 1.165) is 25.2 Å². The maximum Gasteiger partial charge on any atom is 0.224 e. The minimum Gasteiger partial charge on any atom is -0.355 e. The van der Waals surface area contributed by atoms with E-state index < -0.39 is 0 Å². The minimum atomic E-state index is -0.0268. The monoisotopic (exact) mass is 283 g/mol. The Balaban J connectivity index is 1.99. The summed E-state index contributed by atoms with van der Waals surface area (Å²) in [5.74, 6) is 0.759. The molecule has 1 amide bonds. The van der Waals surface area contributed by atoms with Gasteiger partial charge in [-0.15, -0.1) is 0 Å². The Morgan fingerprint density at radius 1 is 1.58 bits per heavy atom. The van der Waals surface area contributed by atoms with Crippen molar-refractivity contribution in [2.75, 3.05) is 31.1 Å². The lowest BCUT2D eigenvalue weighted by molar-refractivity contribution is -0.125. The molecule has 1 aromatic rings. The van der Waals surface area contributed by atoms with Gasteiger partial charge in [-0.05, 0) is 12.8 Å². The van der Waals surface area contributed by atoms with Crippen LogP contribution in [0.4, 0.5) is 5.82 Å². The molecule has 1 aliphatic heterocycles. The first-order valence-corrected chi connectivity index (χ1v) is 6.79. The van der Waals surface area contributed by atoms with E-state index in [1.54, 1.807) is 6.20 Å². The van der Waals surface area contributed by atoms with E-state index in [1.807, 2.05) is 0 Å². The summed E-state index contributed by atoms with van der Waals surface area (Å²) in [4.78, 5) is 22.3. The average Bonchev–Trinajstić information content (AvgIpc) is 2.45. The van der Waals surface area contributed by atoms with E-state index in [9.17, 15) is 4.79 Å². The van der Waals surface area contributed by atoms with E-state index >= 15 is 0 Å². The zero-order valence-corrected chi connectivity index (χ0v) is 11.4. The second-order valence-electron chi connectivity index (χ2n) is 4.56. The summed E-state index contributed by atoms with van der Waals surface area (Å²) in [6, 6.07) is 0. The molecular formula is C12H18ClN5O. The number of hydrogen-bond acceptors (Lipinski definition) is 5. The van der Waals surface area contributed by atoms with E-state index in [-0.39, 0.29) is 11.8 Å². The second-order valence-corrected chi connectivity index (χ2v) is 4.95. The second kappa shape index (κ2) is 6.68. The van der Waals surface area contributed by atoms with Crippen molar-refractivity contribution in [2.24, 2.45) is 11.7 Å². The van der Waals surface area contributed by atoms with E-state index in [2.05, 4.69) is 20.2 Å². The van der Waals surface area contributed by atoms with Crippen LogP contribution in [0.2, 0.25) is 5.15 Å². The fourth-order valence-corrected chi connectivity index (χ4v) is 2.37. The van der Waals surface area contributed by atoms with E-state index in [4.69, 9.17) is 17.3 Å². The summed E-state index contributed by atoms with van der Waals surface area (Å²) in [6.07, 6.45) is 5.02. The molecule has 19 heavy (non-hydrogen) atoms. The van der Waals surface area contributed by atoms with Gasteiger partial charge in [0.25, 0.3) is 0 Å². The first-order chi connectivity index (χ1) is 9.20. The van der Waals surface area contributed by atoms with Crippen LogP contribution in [0.1, 0.15) is 12.8 Å². The molecule has 0 bridgehead atoms. The van der Waals surface area contributed by atoms with Gasteiger partial charge in [-0.25, -0.2) is 4.98 Å². The summed E-state index contributed by atoms with van der Waals surface area (Å²) < 4.78 is 0. The quantitative estimate of drug-likeness (QED) is 0.837. The number of nitrogens with one attached hydrogen (secondary N) is 1. The zero-order valence-electron chi connectivity index (χ0n) is 10.7. The molecule has 0 saturated carbocycles. The summed E-state index contributed by atoms with van der Waals surface area (Å²) in [7, 11) is 0. The van der Waals surface area contributed by atoms with Gasteiger partial charge in [0, 0.05) is 26.2 Å². The van der Waals surface area contributed by atoms with Crippen LogP contribution in [0.5, 0.6) is 0 Å². The molecule has 1 saturated heterocycles. The molecule has 1 aromatic heterocycles. The van der Waals surface area contributed by atoms with E-state index in [0.29, 0.717) is 24.8 Å². The number of carbonyl (C=O) groups is 1. The molecule has 104 valence electrons. The van der Waals surface area contributed by atoms with Crippen molar-refractivity contribution in [1.82, 2.24) is 15.3 Å². The number of piperidine rings is 1. The van der Waals surface area contributed by atoms with Gasteiger partial charge >= 0.3 is 0 Å². The maximum absolute atomic E-state index is 11.9. The smallest absolute Gasteiger partial charge is 0.224 e. The number of amides is 1. The van der Waals surface area contributed by atoms with Gasteiger partial charge in [0.15, 0.2) is 0 Å². The van der Waals surface area contributed by atoms with Gasteiger partial charge in [0.1, 0.15) is 11.0 Å². The van der Waals surface area contributed by atoms with Crippen LogP contribution >= 0.6 is 11.6 Å². The molecule has 1 unspecified atom stereocenters. The van der Waals surface area contributed by atoms with Crippen LogP contribution in [0.25, 0.3) is 0 Å². The number of rotatable bonds is 4. The van der Waals surface area contributed by atoms with Gasteiger partial charge in [-0.1, -0.05) is 11.6 Å². The summed E-state index contributed by atoms with van der Waals surface area (Å²) in [6.45, 7) is 2.50. The standard InChI is InChI=1S/C12H18ClN5O/c13-10-6-15-7-11(17-10)18-5-1-2-9(8-18)12(19)16-4-3-14/h6-7,9H,1-5,8,14H2,(H,16,19). The van der Waals surface area contributed by atoms with Gasteiger partial charge in [0.2, 0.25) is 5.91 Å². The summed E-state index contributed by atoms with van der Waals surface area (Å²) in [5.41, 5.74) is 5.38. The number of nitrogens with two attached hydrogens (primary N) is 1. The SMILES string of the molecule is NCCNC(=O)C1CCCN(c2cncc(Cl)n2)C1. The largest absolute Gasteiger partial charge is 0.355 e. The third kappa shape index (κ3) is 3.78. The van der Waals surface area contributed by atoms with Crippen LogP contribution < -0.4 is 16.0 Å². The van der Waals surface area contributed by atoms with Crippen LogP contribution in [0, 0.1) is 5.92 Å². The van der Waals surface area contributed by atoms with Crippen molar-refractivity contribution in [3.8, 4) is 0 Å². The average molecular weight is 284 g/mol.